The molecule has 1 aliphatic heterocycles. The van der Waals surface area contributed by atoms with E-state index in [1.54, 1.807) is 0 Å². The average Bonchev–Trinajstić information content (AvgIpc) is 2.15. The minimum atomic E-state index is -0.418. The molecule has 0 aromatic rings. The summed E-state index contributed by atoms with van der Waals surface area (Å²) in [7, 11) is 0. The van der Waals surface area contributed by atoms with E-state index in [0.29, 0.717) is 5.92 Å². The minimum Gasteiger partial charge on any atom is -0.444 e. The first-order valence-corrected chi connectivity index (χ1v) is 6.12. The van der Waals surface area contributed by atoms with Crippen LogP contribution in [0.3, 0.4) is 0 Å². The molecule has 1 rings (SSSR count). The zero-order valence-corrected chi connectivity index (χ0v) is 10.8. The van der Waals surface area contributed by atoms with E-state index in [0.717, 1.165) is 25.9 Å². The Hall–Kier alpha value is -0.770. The number of nitrogens with one attached hydrogen (secondary N) is 2. The second-order valence-electron chi connectivity index (χ2n) is 5.41. The first-order valence-electron chi connectivity index (χ1n) is 6.12. The van der Waals surface area contributed by atoms with Gasteiger partial charge in [-0.25, -0.2) is 4.79 Å². The summed E-state index contributed by atoms with van der Waals surface area (Å²) in [6.07, 6.45) is 1.77. The van der Waals surface area contributed by atoms with Gasteiger partial charge in [0.1, 0.15) is 5.60 Å². The molecule has 0 unspecified atom stereocenters. The van der Waals surface area contributed by atoms with Crippen LogP contribution in [0.25, 0.3) is 0 Å². The van der Waals surface area contributed by atoms with Gasteiger partial charge in [-0.05, 0) is 46.2 Å². The van der Waals surface area contributed by atoms with Gasteiger partial charge in [0.2, 0.25) is 0 Å². The summed E-state index contributed by atoms with van der Waals surface area (Å²) in [5.74, 6) is 0.515. The van der Waals surface area contributed by atoms with Gasteiger partial charge in [0.05, 0.1) is 0 Å². The molecule has 2 atom stereocenters. The minimum absolute atomic E-state index is 0.251. The fourth-order valence-corrected chi connectivity index (χ4v) is 2.00. The molecule has 16 heavy (non-hydrogen) atoms. The van der Waals surface area contributed by atoms with Crippen LogP contribution in [0.15, 0.2) is 0 Å². The predicted molar refractivity (Wildman–Crippen MR) is 64.4 cm³/mol. The second-order valence-corrected chi connectivity index (χ2v) is 5.41. The SMILES string of the molecule is CC[C@@H]1CNCC[C@@H]1NC(=O)OC(C)(C)C. The number of amides is 1. The Morgan fingerprint density at radius 1 is 1.50 bits per heavy atom. The summed E-state index contributed by atoms with van der Waals surface area (Å²) in [5.41, 5.74) is -0.418. The van der Waals surface area contributed by atoms with E-state index in [2.05, 4.69) is 17.6 Å². The highest BCUT2D eigenvalue weighted by molar-refractivity contribution is 5.68. The number of carbonyl (C=O) groups is 1. The molecular weight excluding hydrogens is 204 g/mol. The maximum absolute atomic E-state index is 11.6. The quantitative estimate of drug-likeness (QED) is 0.759. The van der Waals surface area contributed by atoms with Gasteiger partial charge in [-0.2, -0.15) is 0 Å². The van der Waals surface area contributed by atoms with Crippen LogP contribution in [0.5, 0.6) is 0 Å². The van der Waals surface area contributed by atoms with E-state index >= 15 is 0 Å². The van der Waals surface area contributed by atoms with Crippen molar-refractivity contribution in [3.63, 3.8) is 0 Å². The van der Waals surface area contributed by atoms with Crippen molar-refractivity contribution in [2.45, 2.75) is 52.2 Å². The number of rotatable bonds is 2. The normalized spacial score (nSPS) is 26.2. The van der Waals surface area contributed by atoms with Crippen molar-refractivity contribution < 1.29 is 9.53 Å². The molecule has 0 aliphatic carbocycles. The van der Waals surface area contributed by atoms with Crippen molar-refractivity contribution in [2.24, 2.45) is 5.92 Å². The van der Waals surface area contributed by atoms with Crippen molar-refractivity contribution in [1.29, 1.82) is 0 Å². The Morgan fingerprint density at radius 2 is 2.19 bits per heavy atom. The van der Waals surface area contributed by atoms with Crippen LogP contribution in [0, 0.1) is 5.92 Å². The molecule has 94 valence electrons. The number of alkyl carbamates (subject to hydrolysis) is 1. The fraction of sp³-hybridized carbons (Fsp3) is 0.917. The fourth-order valence-electron chi connectivity index (χ4n) is 2.00. The largest absolute Gasteiger partial charge is 0.444 e. The van der Waals surface area contributed by atoms with Gasteiger partial charge in [0.25, 0.3) is 0 Å². The summed E-state index contributed by atoms with van der Waals surface area (Å²) in [5, 5.41) is 6.32. The van der Waals surface area contributed by atoms with Crippen molar-refractivity contribution in [3.05, 3.63) is 0 Å². The lowest BCUT2D eigenvalue weighted by molar-refractivity contribution is 0.0473. The molecular formula is C12H24N2O2. The van der Waals surface area contributed by atoms with Crippen LogP contribution < -0.4 is 10.6 Å². The van der Waals surface area contributed by atoms with Gasteiger partial charge >= 0.3 is 6.09 Å². The zero-order valence-electron chi connectivity index (χ0n) is 10.8. The third kappa shape index (κ3) is 4.39. The highest BCUT2D eigenvalue weighted by Crippen LogP contribution is 2.15. The third-order valence-corrected chi connectivity index (χ3v) is 2.83. The zero-order chi connectivity index (χ0) is 12.2. The lowest BCUT2D eigenvalue weighted by Crippen LogP contribution is -2.50. The molecule has 1 fully saturated rings. The molecule has 0 aromatic carbocycles. The highest BCUT2D eigenvalue weighted by atomic mass is 16.6. The Balaban J connectivity index is 2.42. The number of ether oxygens (including phenoxy) is 1. The van der Waals surface area contributed by atoms with E-state index in [1.165, 1.54) is 0 Å². The lowest BCUT2D eigenvalue weighted by atomic mass is 9.91. The molecule has 0 radical (unpaired) electrons. The van der Waals surface area contributed by atoms with Gasteiger partial charge in [0.15, 0.2) is 0 Å². The van der Waals surface area contributed by atoms with E-state index in [4.69, 9.17) is 4.74 Å². The monoisotopic (exact) mass is 228 g/mol. The van der Waals surface area contributed by atoms with Crippen LogP contribution in [0.2, 0.25) is 0 Å². The number of carbonyl (C=O) groups excluding carboxylic acids is 1. The molecule has 2 N–H and O–H groups in total. The van der Waals surface area contributed by atoms with Gasteiger partial charge in [0, 0.05) is 6.04 Å². The maximum atomic E-state index is 11.6. The summed E-state index contributed by atoms with van der Waals surface area (Å²) in [6, 6.07) is 0.251. The average molecular weight is 228 g/mol. The van der Waals surface area contributed by atoms with Crippen molar-refractivity contribution in [3.8, 4) is 0 Å². The van der Waals surface area contributed by atoms with Crippen LogP contribution in [0.4, 0.5) is 4.79 Å². The standard InChI is InChI=1S/C12H24N2O2/c1-5-9-8-13-7-6-10(9)14-11(15)16-12(2,3)4/h9-10,13H,5-8H2,1-4H3,(H,14,15)/t9-,10+/m1/s1. The van der Waals surface area contributed by atoms with Crippen molar-refractivity contribution in [2.75, 3.05) is 13.1 Å². The first kappa shape index (κ1) is 13.3. The number of piperidine rings is 1. The Kier molecular flexibility index (Phi) is 4.59. The summed E-state index contributed by atoms with van der Waals surface area (Å²) in [6.45, 7) is 9.75. The predicted octanol–water partition coefficient (Wildman–Crippen LogP) is 1.90. The maximum Gasteiger partial charge on any atom is 0.407 e. The van der Waals surface area contributed by atoms with E-state index < -0.39 is 5.60 Å². The van der Waals surface area contributed by atoms with E-state index in [9.17, 15) is 4.79 Å². The first-order chi connectivity index (χ1) is 7.42. The van der Waals surface area contributed by atoms with Gasteiger partial charge in [-0.1, -0.05) is 13.3 Å². The Labute approximate surface area is 98.1 Å². The van der Waals surface area contributed by atoms with Crippen LogP contribution >= 0.6 is 0 Å². The molecule has 0 bridgehead atoms. The van der Waals surface area contributed by atoms with E-state index in [-0.39, 0.29) is 12.1 Å². The van der Waals surface area contributed by atoms with Crippen molar-refractivity contribution in [1.82, 2.24) is 10.6 Å². The molecule has 0 saturated carbocycles. The van der Waals surface area contributed by atoms with Crippen molar-refractivity contribution >= 4 is 6.09 Å². The van der Waals surface area contributed by atoms with Gasteiger partial charge in [-0.15, -0.1) is 0 Å². The van der Waals surface area contributed by atoms with Crippen LogP contribution in [-0.4, -0.2) is 30.8 Å². The highest BCUT2D eigenvalue weighted by Gasteiger charge is 2.26. The molecule has 0 aromatic heterocycles. The molecule has 0 spiro atoms. The molecule has 4 nitrogen and oxygen atoms in total. The second kappa shape index (κ2) is 5.53. The number of hydrogen-bond donors (Lipinski definition) is 2. The third-order valence-electron chi connectivity index (χ3n) is 2.83. The molecule has 1 amide bonds. The summed E-state index contributed by atoms with van der Waals surface area (Å²) >= 11 is 0. The summed E-state index contributed by atoms with van der Waals surface area (Å²) < 4.78 is 5.26. The molecule has 1 saturated heterocycles. The van der Waals surface area contributed by atoms with Gasteiger partial charge in [-0.3, -0.25) is 0 Å². The van der Waals surface area contributed by atoms with Gasteiger partial charge < -0.3 is 15.4 Å². The summed E-state index contributed by atoms with van der Waals surface area (Å²) in [4.78, 5) is 11.6. The van der Waals surface area contributed by atoms with Crippen LogP contribution in [-0.2, 0) is 4.74 Å². The Morgan fingerprint density at radius 3 is 2.75 bits per heavy atom. The molecule has 4 heteroatoms. The number of hydrogen-bond acceptors (Lipinski definition) is 3. The topological polar surface area (TPSA) is 50.4 Å². The van der Waals surface area contributed by atoms with Crippen LogP contribution in [0.1, 0.15) is 40.5 Å². The lowest BCUT2D eigenvalue weighted by Gasteiger charge is -2.32. The Bertz CT molecular complexity index is 236. The molecule has 1 heterocycles. The van der Waals surface area contributed by atoms with E-state index in [1.807, 2.05) is 20.8 Å². The smallest absolute Gasteiger partial charge is 0.407 e. The molecule has 1 aliphatic rings.